The van der Waals surface area contributed by atoms with E-state index in [1.807, 2.05) is 24.4 Å². The molecule has 1 aromatic carbocycles. The highest BCUT2D eigenvalue weighted by atomic mass is 32.1. The Balaban J connectivity index is 2.34. The summed E-state index contributed by atoms with van der Waals surface area (Å²) in [6, 6.07) is 8.17. The molecule has 15 heavy (non-hydrogen) atoms. The van der Waals surface area contributed by atoms with Crippen LogP contribution in [0.15, 0.2) is 35.1 Å². The molecule has 0 fully saturated rings. The Morgan fingerprint density at radius 3 is 3.07 bits per heavy atom. The summed E-state index contributed by atoms with van der Waals surface area (Å²) < 4.78 is 7.49. The fourth-order valence-electron chi connectivity index (χ4n) is 1.91. The second-order valence-electron chi connectivity index (χ2n) is 3.49. The van der Waals surface area contributed by atoms with E-state index < -0.39 is 0 Å². The molecule has 0 aliphatic rings. The highest BCUT2D eigenvalue weighted by molar-refractivity contribution is 7.07. The molecule has 2 heterocycles. The van der Waals surface area contributed by atoms with Crippen molar-refractivity contribution in [2.24, 2.45) is 0 Å². The Kier molecular flexibility index (Phi) is 1.64. The maximum absolute atomic E-state index is 7.49. The van der Waals surface area contributed by atoms with Gasteiger partial charge in [-0.1, -0.05) is 18.2 Å². The lowest BCUT2D eigenvalue weighted by Crippen LogP contribution is -1.78. The summed E-state index contributed by atoms with van der Waals surface area (Å²) in [4.78, 5) is 7.57. The molecule has 0 saturated carbocycles. The van der Waals surface area contributed by atoms with E-state index in [9.17, 15) is 0 Å². The van der Waals surface area contributed by atoms with Crippen molar-refractivity contribution >= 4 is 22.2 Å². The first-order valence-electron chi connectivity index (χ1n) is 5.25. The van der Waals surface area contributed by atoms with Crippen molar-refractivity contribution < 1.29 is 1.37 Å². The second kappa shape index (κ2) is 3.21. The van der Waals surface area contributed by atoms with Crippen LogP contribution in [0.5, 0.6) is 0 Å². The maximum atomic E-state index is 7.49. The molecule has 0 radical (unpaired) electrons. The molecule has 0 saturated heterocycles. The summed E-state index contributed by atoms with van der Waals surface area (Å²) in [5.74, 6) is 0. The molecule has 0 bridgehead atoms. The van der Waals surface area contributed by atoms with Gasteiger partial charge in [-0.2, -0.15) is 0 Å². The second-order valence-corrected chi connectivity index (χ2v) is 4.15. The number of benzene rings is 1. The van der Waals surface area contributed by atoms with Gasteiger partial charge >= 0.3 is 0 Å². The molecule has 2 aromatic heterocycles. The number of aromatic nitrogens is 2. The summed E-state index contributed by atoms with van der Waals surface area (Å²) in [6.07, 6.45) is 0. The molecule has 0 unspecified atom stereocenters. The van der Waals surface area contributed by atoms with Gasteiger partial charge in [0.25, 0.3) is 0 Å². The zero-order chi connectivity index (χ0) is 11.1. The highest BCUT2D eigenvalue weighted by Gasteiger charge is 2.10. The van der Waals surface area contributed by atoms with Gasteiger partial charge in [0.1, 0.15) is 0 Å². The molecular weight excluding hydrogens is 204 g/mol. The topological polar surface area (TPSA) is 28.7 Å². The average Bonchev–Trinajstić information content (AvgIpc) is 2.80. The quantitative estimate of drug-likeness (QED) is 0.660. The van der Waals surface area contributed by atoms with Crippen molar-refractivity contribution in [2.75, 3.05) is 0 Å². The summed E-state index contributed by atoms with van der Waals surface area (Å²) in [7, 11) is 0. The third kappa shape index (κ3) is 1.27. The van der Waals surface area contributed by atoms with Gasteiger partial charge < -0.3 is 4.98 Å². The smallest absolute Gasteiger partial charge is 0.0960 e. The van der Waals surface area contributed by atoms with E-state index in [0.717, 1.165) is 22.5 Å². The zero-order valence-electron chi connectivity index (χ0n) is 9.24. The van der Waals surface area contributed by atoms with Crippen LogP contribution in [0.1, 0.15) is 7.06 Å². The molecule has 3 aromatic rings. The minimum Gasteiger partial charge on any atom is -0.358 e. The first-order chi connectivity index (χ1) is 7.75. The lowest BCUT2D eigenvalue weighted by Gasteiger charge is -1.95. The van der Waals surface area contributed by atoms with Crippen LogP contribution in [0.2, 0.25) is 0 Å². The van der Waals surface area contributed by atoms with E-state index in [1.54, 1.807) is 0 Å². The molecule has 0 aliphatic carbocycles. The lowest BCUT2D eigenvalue weighted by atomic mass is 10.1. The fraction of sp³-hybridized carbons (Fsp3) is 0.0833. The number of hydrogen-bond donors (Lipinski definition) is 1. The van der Waals surface area contributed by atoms with Gasteiger partial charge in [0.15, 0.2) is 0 Å². The van der Waals surface area contributed by atoms with Crippen LogP contribution in [0.4, 0.5) is 0 Å². The highest BCUT2D eigenvalue weighted by Crippen LogP contribution is 2.31. The van der Waals surface area contributed by atoms with Crippen molar-refractivity contribution in [3.63, 3.8) is 0 Å². The number of H-pyrrole nitrogens is 1. The minimum absolute atomic E-state index is 0.361. The SMILES string of the molecule is [2H]c1nc(-c2c(C)[nH]c3ccccc23)cs1. The minimum atomic E-state index is 0.361. The summed E-state index contributed by atoms with van der Waals surface area (Å²) >= 11 is 1.36. The number of nitrogens with zero attached hydrogens (tertiary/aromatic N) is 1. The van der Waals surface area contributed by atoms with E-state index in [0.29, 0.717) is 5.49 Å². The van der Waals surface area contributed by atoms with Gasteiger partial charge in [0, 0.05) is 27.5 Å². The summed E-state index contributed by atoms with van der Waals surface area (Å²) in [6.45, 7) is 2.04. The third-order valence-electron chi connectivity index (χ3n) is 2.54. The zero-order valence-corrected chi connectivity index (χ0v) is 9.06. The van der Waals surface area contributed by atoms with Gasteiger partial charge in [-0.25, -0.2) is 4.98 Å². The largest absolute Gasteiger partial charge is 0.358 e. The molecule has 3 heteroatoms. The Labute approximate surface area is 93.0 Å². The van der Waals surface area contributed by atoms with Gasteiger partial charge in [-0.3, -0.25) is 0 Å². The Bertz CT molecular complexity index is 654. The Hall–Kier alpha value is -1.61. The van der Waals surface area contributed by atoms with Crippen LogP contribution in [-0.2, 0) is 0 Å². The van der Waals surface area contributed by atoms with Crippen LogP contribution in [-0.4, -0.2) is 9.97 Å². The molecule has 0 atom stereocenters. The Morgan fingerprint density at radius 1 is 1.40 bits per heavy atom. The maximum Gasteiger partial charge on any atom is 0.0960 e. The number of nitrogens with one attached hydrogen (secondary N) is 1. The van der Waals surface area contributed by atoms with Gasteiger partial charge in [0.05, 0.1) is 12.6 Å². The van der Waals surface area contributed by atoms with Crippen LogP contribution in [0.25, 0.3) is 22.2 Å². The molecule has 1 N–H and O–H groups in total. The molecule has 2 nitrogen and oxygen atoms in total. The fourth-order valence-corrected chi connectivity index (χ4v) is 2.39. The average molecular weight is 215 g/mol. The molecule has 3 rings (SSSR count). The van der Waals surface area contributed by atoms with Crippen LogP contribution in [0.3, 0.4) is 0 Å². The number of rotatable bonds is 1. The summed E-state index contributed by atoms with van der Waals surface area (Å²) in [5, 5.41) is 3.11. The Morgan fingerprint density at radius 2 is 2.27 bits per heavy atom. The molecular formula is C12H10N2S. The number of para-hydroxylation sites is 1. The number of aryl methyl sites for hydroxylation is 1. The number of thiazole rings is 1. The lowest BCUT2D eigenvalue weighted by molar-refractivity contribution is 1.29. The number of aromatic amines is 1. The predicted octanol–water partition coefficient (Wildman–Crippen LogP) is 3.60. The van der Waals surface area contributed by atoms with Crippen molar-refractivity contribution in [1.82, 2.24) is 9.97 Å². The normalized spacial score (nSPS) is 11.9. The van der Waals surface area contributed by atoms with Crippen molar-refractivity contribution in [1.29, 1.82) is 0 Å². The number of fused-ring (bicyclic) bond motifs is 1. The van der Waals surface area contributed by atoms with Crippen LogP contribution < -0.4 is 0 Å². The van der Waals surface area contributed by atoms with Gasteiger partial charge in [-0.05, 0) is 13.0 Å². The van der Waals surface area contributed by atoms with E-state index >= 15 is 0 Å². The molecule has 0 amide bonds. The first kappa shape index (κ1) is 7.65. The van der Waals surface area contributed by atoms with E-state index in [1.165, 1.54) is 16.7 Å². The van der Waals surface area contributed by atoms with Crippen molar-refractivity contribution in [3.05, 3.63) is 40.8 Å². The molecule has 0 aliphatic heterocycles. The monoisotopic (exact) mass is 215 g/mol. The molecule has 0 spiro atoms. The van der Waals surface area contributed by atoms with E-state index in [-0.39, 0.29) is 0 Å². The summed E-state index contributed by atoms with van der Waals surface area (Å²) in [5.41, 5.74) is 4.59. The number of hydrogen-bond acceptors (Lipinski definition) is 2. The van der Waals surface area contributed by atoms with Crippen molar-refractivity contribution in [2.45, 2.75) is 6.92 Å². The van der Waals surface area contributed by atoms with E-state index in [4.69, 9.17) is 1.37 Å². The third-order valence-corrected chi connectivity index (χ3v) is 3.08. The first-order valence-corrected chi connectivity index (χ1v) is 5.63. The van der Waals surface area contributed by atoms with Crippen LogP contribution in [0, 0.1) is 6.92 Å². The van der Waals surface area contributed by atoms with Crippen molar-refractivity contribution in [3.8, 4) is 11.3 Å². The van der Waals surface area contributed by atoms with Gasteiger partial charge in [-0.15, -0.1) is 11.3 Å². The van der Waals surface area contributed by atoms with E-state index in [2.05, 4.69) is 22.1 Å². The van der Waals surface area contributed by atoms with Crippen LogP contribution >= 0.6 is 11.3 Å². The van der Waals surface area contributed by atoms with Gasteiger partial charge in [0.2, 0.25) is 0 Å². The predicted molar refractivity (Wildman–Crippen MR) is 64.1 cm³/mol. The molecule has 74 valence electrons. The standard InChI is InChI=1S/C12H10N2S/c1-8-12(11-6-15-7-13-11)9-4-2-3-5-10(9)14-8/h2-7,14H,1H3/i7D.